The highest BCUT2D eigenvalue weighted by atomic mass is 19.1. The molecule has 0 spiro atoms. The SMILES string of the molecule is Cc1cc(F)cc(C(=O)N(C)CC#N)c1. The van der Waals surface area contributed by atoms with E-state index < -0.39 is 5.82 Å². The first-order chi connectivity index (χ1) is 7.04. The molecule has 0 saturated carbocycles. The first-order valence-corrected chi connectivity index (χ1v) is 4.44. The molecule has 15 heavy (non-hydrogen) atoms. The van der Waals surface area contributed by atoms with Crippen LogP contribution >= 0.6 is 0 Å². The molecule has 1 amide bonds. The molecule has 0 saturated heterocycles. The first-order valence-electron chi connectivity index (χ1n) is 4.44. The van der Waals surface area contributed by atoms with E-state index >= 15 is 0 Å². The molecular weight excluding hydrogens is 195 g/mol. The van der Waals surface area contributed by atoms with Crippen LogP contribution in [-0.4, -0.2) is 24.4 Å². The van der Waals surface area contributed by atoms with Crippen LogP contribution in [0.5, 0.6) is 0 Å². The Morgan fingerprint density at radius 1 is 1.53 bits per heavy atom. The molecule has 0 atom stereocenters. The summed E-state index contributed by atoms with van der Waals surface area (Å²) in [5.41, 5.74) is 0.953. The van der Waals surface area contributed by atoms with E-state index in [4.69, 9.17) is 5.26 Å². The van der Waals surface area contributed by atoms with Crippen molar-refractivity contribution in [3.8, 4) is 6.07 Å². The Labute approximate surface area is 87.7 Å². The Morgan fingerprint density at radius 2 is 2.20 bits per heavy atom. The molecule has 0 N–H and O–H groups in total. The third-order valence-corrected chi connectivity index (χ3v) is 1.94. The zero-order chi connectivity index (χ0) is 11.4. The van der Waals surface area contributed by atoms with Crippen LogP contribution in [0.4, 0.5) is 4.39 Å². The maximum Gasteiger partial charge on any atom is 0.254 e. The predicted octanol–water partition coefficient (Wildman–Crippen LogP) is 1.73. The Morgan fingerprint density at radius 3 is 2.73 bits per heavy atom. The van der Waals surface area contributed by atoms with Crippen LogP contribution < -0.4 is 0 Å². The number of benzene rings is 1. The molecule has 0 heterocycles. The second-order valence-electron chi connectivity index (χ2n) is 3.34. The minimum absolute atomic E-state index is 0.00556. The zero-order valence-corrected chi connectivity index (χ0v) is 8.62. The highest BCUT2D eigenvalue weighted by molar-refractivity contribution is 5.94. The average molecular weight is 206 g/mol. The summed E-state index contributed by atoms with van der Waals surface area (Å²) in [5.74, 6) is -0.789. The summed E-state index contributed by atoms with van der Waals surface area (Å²) < 4.78 is 13.0. The van der Waals surface area contributed by atoms with Gasteiger partial charge in [0.15, 0.2) is 0 Å². The topological polar surface area (TPSA) is 44.1 Å². The standard InChI is InChI=1S/C11H11FN2O/c1-8-5-9(7-10(12)6-8)11(15)14(2)4-3-13/h5-7H,4H2,1-2H3. The maximum absolute atomic E-state index is 13.0. The van der Waals surface area contributed by atoms with Gasteiger partial charge in [0.25, 0.3) is 5.91 Å². The number of rotatable bonds is 2. The predicted molar refractivity (Wildman–Crippen MR) is 53.7 cm³/mol. The third kappa shape index (κ3) is 2.78. The lowest BCUT2D eigenvalue weighted by atomic mass is 10.1. The number of carbonyl (C=O) groups excluding carboxylic acids is 1. The average Bonchev–Trinajstić information content (AvgIpc) is 2.15. The Bertz CT molecular complexity index is 403. The van der Waals surface area contributed by atoms with Gasteiger partial charge >= 0.3 is 0 Å². The van der Waals surface area contributed by atoms with Crippen molar-refractivity contribution in [2.45, 2.75) is 6.92 Å². The molecule has 4 heteroatoms. The number of amides is 1. The van der Waals surface area contributed by atoms with Crippen LogP contribution in [0.15, 0.2) is 18.2 Å². The summed E-state index contributed by atoms with van der Waals surface area (Å²) in [6, 6.07) is 5.97. The molecule has 0 fully saturated rings. The Kier molecular flexibility index (Phi) is 3.40. The van der Waals surface area contributed by atoms with E-state index in [2.05, 4.69) is 0 Å². The third-order valence-electron chi connectivity index (χ3n) is 1.94. The molecule has 1 rings (SSSR count). The molecule has 0 aliphatic rings. The minimum Gasteiger partial charge on any atom is -0.328 e. The van der Waals surface area contributed by atoms with E-state index in [1.165, 1.54) is 24.1 Å². The van der Waals surface area contributed by atoms with E-state index in [0.717, 1.165) is 0 Å². The van der Waals surface area contributed by atoms with Gasteiger partial charge in [-0.05, 0) is 30.7 Å². The van der Waals surface area contributed by atoms with Crippen LogP contribution in [0.25, 0.3) is 0 Å². The summed E-state index contributed by atoms with van der Waals surface area (Å²) >= 11 is 0. The summed E-state index contributed by atoms with van der Waals surface area (Å²) in [4.78, 5) is 12.9. The normalized spacial score (nSPS) is 9.47. The monoisotopic (exact) mass is 206 g/mol. The quantitative estimate of drug-likeness (QED) is 0.691. The lowest BCUT2D eigenvalue weighted by Gasteiger charge is -2.13. The van der Waals surface area contributed by atoms with Gasteiger partial charge < -0.3 is 4.90 Å². The number of hydrogen-bond donors (Lipinski definition) is 0. The van der Waals surface area contributed by atoms with Gasteiger partial charge in [-0.2, -0.15) is 5.26 Å². The highest BCUT2D eigenvalue weighted by Gasteiger charge is 2.12. The second-order valence-corrected chi connectivity index (χ2v) is 3.34. The molecule has 0 unspecified atom stereocenters. The Balaban J connectivity index is 2.97. The molecule has 0 aliphatic carbocycles. The maximum atomic E-state index is 13.0. The minimum atomic E-state index is -0.441. The second kappa shape index (κ2) is 4.56. The van der Waals surface area contributed by atoms with E-state index in [9.17, 15) is 9.18 Å². The van der Waals surface area contributed by atoms with Gasteiger partial charge in [0, 0.05) is 12.6 Å². The van der Waals surface area contributed by atoms with Crippen LogP contribution in [-0.2, 0) is 0 Å². The summed E-state index contributed by atoms with van der Waals surface area (Å²) in [7, 11) is 1.51. The Hall–Kier alpha value is -1.89. The molecule has 0 bridgehead atoms. The van der Waals surface area contributed by atoms with Crippen LogP contribution in [0.3, 0.4) is 0 Å². The van der Waals surface area contributed by atoms with E-state index in [-0.39, 0.29) is 18.0 Å². The smallest absolute Gasteiger partial charge is 0.254 e. The number of nitrogens with zero attached hydrogens (tertiary/aromatic N) is 2. The van der Waals surface area contributed by atoms with E-state index in [1.54, 1.807) is 13.0 Å². The molecule has 1 aromatic carbocycles. The van der Waals surface area contributed by atoms with Gasteiger partial charge in [-0.25, -0.2) is 4.39 Å². The molecule has 0 aliphatic heterocycles. The molecule has 3 nitrogen and oxygen atoms in total. The van der Waals surface area contributed by atoms with Crippen molar-refractivity contribution in [1.82, 2.24) is 4.90 Å². The van der Waals surface area contributed by atoms with Crippen molar-refractivity contribution in [2.24, 2.45) is 0 Å². The van der Waals surface area contributed by atoms with E-state index in [0.29, 0.717) is 5.56 Å². The molecule has 0 aromatic heterocycles. The van der Waals surface area contributed by atoms with Gasteiger partial charge in [0.2, 0.25) is 0 Å². The van der Waals surface area contributed by atoms with Gasteiger partial charge in [-0.1, -0.05) is 0 Å². The van der Waals surface area contributed by atoms with Crippen LogP contribution in [0, 0.1) is 24.1 Å². The fourth-order valence-corrected chi connectivity index (χ4v) is 1.26. The highest BCUT2D eigenvalue weighted by Crippen LogP contribution is 2.10. The molecular formula is C11H11FN2O. The summed E-state index contributed by atoms with van der Waals surface area (Å²) in [6.45, 7) is 1.71. The fraction of sp³-hybridized carbons (Fsp3) is 0.273. The summed E-state index contributed by atoms with van der Waals surface area (Å²) in [6.07, 6.45) is 0. The van der Waals surface area contributed by atoms with Crippen molar-refractivity contribution in [3.63, 3.8) is 0 Å². The van der Waals surface area contributed by atoms with Gasteiger partial charge in [0.05, 0.1) is 6.07 Å². The molecule has 1 aromatic rings. The molecule has 0 radical (unpaired) electrons. The number of hydrogen-bond acceptors (Lipinski definition) is 2. The zero-order valence-electron chi connectivity index (χ0n) is 8.62. The molecule has 78 valence electrons. The van der Waals surface area contributed by atoms with Gasteiger partial charge in [-0.3, -0.25) is 4.79 Å². The largest absolute Gasteiger partial charge is 0.328 e. The van der Waals surface area contributed by atoms with Crippen LogP contribution in [0.1, 0.15) is 15.9 Å². The van der Waals surface area contributed by atoms with Crippen molar-refractivity contribution in [2.75, 3.05) is 13.6 Å². The fourth-order valence-electron chi connectivity index (χ4n) is 1.26. The number of carbonyl (C=O) groups is 1. The van der Waals surface area contributed by atoms with Crippen molar-refractivity contribution >= 4 is 5.91 Å². The van der Waals surface area contributed by atoms with Crippen molar-refractivity contribution in [3.05, 3.63) is 35.1 Å². The first kappa shape index (κ1) is 11.2. The number of aryl methyl sites for hydroxylation is 1. The lowest BCUT2D eigenvalue weighted by Crippen LogP contribution is -2.27. The van der Waals surface area contributed by atoms with Gasteiger partial charge in [-0.15, -0.1) is 0 Å². The van der Waals surface area contributed by atoms with Crippen molar-refractivity contribution < 1.29 is 9.18 Å². The van der Waals surface area contributed by atoms with E-state index in [1.807, 2.05) is 6.07 Å². The van der Waals surface area contributed by atoms with Crippen LogP contribution in [0.2, 0.25) is 0 Å². The lowest BCUT2D eigenvalue weighted by molar-refractivity contribution is 0.0811. The number of halogens is 1. The van der Waals surface area contributed by atoms with Crippen molar-refractivity contribution in [1.29, 1.82) is 5.26 Å². The summed E-state index contributed by atoms with van der Waals surface area (Å²) in [5, 5.41) is 8.42. The number of nitriles is 1. The van der Waals surface area contributed by atoms with Gasteiger partial charge in [0.1, 0.15) is 12.4 Å².